The van der Waals surface area contributed by atoms with Gasteiger partial charge >= 0.3 is 0 Å². The molecule has 2 aromatic carbocycles. The van der Waals surface area contributed by atoms with E-state index >= 15 is 0 Å². The monoisotopic (exact) mass is 360 g/mol. The fraction of sp³-hybridized carbons (Fsp3) is 0.0526. The minimum atomic E-state index is -0.147. The fourth-order valence-corrected chi connectivity index (χ4v) is 2.42. The molecular weight excluding hydrogens is 340 g/mol. The lowest BCUT2D eigenvalue weighted by Crippen LogP contribution is -2.26. The largest absolute Gasteiger partial charge is 0.370 e. The number of rotatable bonds is 4. The molecule has 3 rings (SSSR count). The van der Waals surface area contributed by atoms with Crippen molar-refractivity contribution in [2.24, 2.45) is 27.2 Å². The summed E-state index contributed by atoms with van der Waals surface area (Å²) in [6.45, 7) is 2.03. The molecule has 0 spiro atoms. The van der Waals surface area contributed by atoms with Crippen LogP contribution in [0.3, 0.4) is 0 Å². The number of aryl methyl sites for hydroxylation is 1. The molecule has 3 aromatic rings. The van der Waals surface area contributed by atoms with Crippen LogP contribution in [0.4, 0.5) is 17.2 Å². The highest BCUT2D eigenvalue weighted by Crippen LogP contribution is 2.24. The zero-order chi connectivity index (χ0) is 19.2. The summed E-state index contributed by atoms with van der Waals surface area (Å²) < 4.78 is 0. The lowest BCUT2D eigenvalue weighted by molar-refractivity contribution is 1.17. The van der Waals surface area contributed by atoms with Gasteiger partial charge < -0.3 is 22.5 Å². The summed E-state index contributed by atoms with van der Waals surface area (Å²) >= 11 is 0. The van der Waals surface area contributed by atoms with Crippen LogP contribution in [0, 0.1) is 6.92 Å². The molecule has 0 aliphatic heterocycles. The van der Waals surface area contributed by atoms with Gasteiger partial charge in [-0.1, -0.05) is 30.3 Å². The predicted octanol–water partition coefficient (Wildman–Crippen LogP) is 2.42. The average Bonchev–Trinajstić information content (AvgIpc) is 2.63. The topological polar surface area (TPSA) is 141 Å². The molecule has 0 saturated heterocycles. The average molecular weight is 360 g/mol. The third-order valence-corrected chi connectivity index (χ3v) is 3.66. The van der Waals surface area contributed by atoms with Crippen molar-refractivity contribution in [1.82, 2.24) is 9.97 Å². The molecule has 8 nitrogen and oxygen atoms in total. The van der Waals surface area contributed by atoms with Gasteiger partial charge in [0.05, 0.1) is 5.69 Å². The molecule has 1 aromatic heterocycles. The Hall–Kier alpha value is -3.94. The first-order chi connectivity index (χ1) is 13.0. The maximum absolute atomic E-state index is 5.68. The van der Waals surface area contributed by atoms with Gasteiger partial charge in [-0.15, -0.1) is 0 Å². The van der Waals surface area contributed by atoms with Gasteiger partial charge in [0.15, 0.2) is 11.8 Å². The summed E-state index contributed by atoms with van der Waals surface area (Å²) in [5.74, 6) is 1.09. The molecule has 0 aliphatic rings. The van der Waals surface area contributed by atoms with Crippen LogP contribution in [0.1, 0.15) is 5.56 Å². The molecule has 0 amide bonds. The molecule has 136 valence electrons. The predicted molar refractivity (Wildman–Crippen MR) is 109 cm³/mol. The van der Waals surface area contributed by atoms with E-state index in [1.165, 1.54) is 0 Å². The van der Waals surface area contributed by atoms with E-state index in [0.29, 0.717) is 17.3 Å². The molecule has 0 saturated carbocycles. The first-order valence-electron chi connectivity index (χ1n) is 8.21. The van der Waals surface area contributed by atoms with Crippen molar-refractivity contribution in [3.8, 4) is 11.4 Å². The quantitative estimate of drug-likeness (QED) is 0.416. The van der Waals surface area contributed by atoms with E-state index in [4.69, 9.17) is 17.2 Å². The second-order valence-corrected chi connectivity index (χ2v) is 5.76. The fourth-order valence-electron chi connectivity index (χ4n) is 2.42. The first-order valence-corrected chi connectivity index (χ1v) is 8.21. The van der Waals surface area contributed by atoms with E-state index in [9.17, 15) is 0 Å². The molecular formula is C19H20N8. The van der Waals surface area contributed by atoms with Crippen LogP contribution >= 0.6 is 0 Å². The Bertz CT molecular complexity index is 1010. The van der Waals surface area contributed by atoms with Crippen molar-refractivity contribution in [3.05, 3.63) is 66.4 Å². The number of aromatic nitrogens is 2. The molecule has 0 atom stereocenters. The van der Waals surface area contributed by atoms with E-state index in [1.807, 2.05) is 55.5 Å². The molecule has 0 aliphatic carbocycles. The summed E-state index contributed by atoms with van der Waals surface area (Å²) in [5, 5.41) is 3.31. The lowest BCUT2D eigenvalue weighted by Gasteiger charge is -2.09. The minimum Gasteiger partial charge on any atom is -0.370 e. The van der Waals surface area contributed by atoms with E-state index in [-0.39, 0.29) is 11.9 Å². The molecule has 0 unspecified atom stereocenters. The van der Waals surface area contributed by atoms with E-state index in [2.05, 4.69) is 25.3 Å². The van der Waals surface area contributed by atoms with Gasteiger partial charge in [-0.3, -0.25) is 0 Å². The van der Waals surface area contributed by atoms with Crippen molar-refractivity contribution in [3.63, 3.8) is 0 Å². The number of nitrogens with two attached hydrogens (primary N) is 3. The molecule has 0 bridgehead atoms. The highest BCUT2D eigenvalue weighted by atomic mass is 15.1. The Kier molecular flexibility index (Phi) is 5.27. The smallest absolute Gasteiger partial charge is 0.223 e. The highest BCUT2D eigenvalue weighted by molar-refractivity contribution is 5.93. The van der Waals surface area contributed by atoms with Crippen LogP contribution in [0.25, 0.3) is 11.4 Å². The number of anilines is 2. The molecule has 0 radical (unpaired) electrons. The molecule has 1 heterocycles. The Balaban J connectivity index is 1.88. The van der Waals surface area contributed by atoms with Crippen molar-refractivity contribution in [2.75, 3.05) is 5.32 Å². The number of benzene rings is 2. The van der Waals surface area contributed by atoms with Crippen molar-refractivity contribution in [1.29, 1.82) is 0 Å². The van der Waals surface area contributed by atoms with Crippen LogP contribution in [0.15, 0.2) is 70.8 Å². The second-order valence-electron chi connectivity index (χ2n) is 5.76. The molecule has 27 heavy (non-hydrogen) atoms. The summed E-state index contributed by atoms with van der Waals surface area (Å²) in [7, 11) is 0. The van der Waals surface area contributed by atoms with E-state index in [1.54, 1.807) is 12.3 Å². The number of para-hydroxylation sites is 1. The van der Waals surface area contributed by atoms with Crippen LogP contribution < -0.4 is 22.5 Å². The number of guanidine groups is 2. The molecule has 0 fully saturated rings. The summed E-state index contributed by atoms with van der Waals surface area (Å²) in [6.07, 6.45) is 1.70. The third kappa shape index (κ3) is 4.79. The normalized spacial score (nSPS) is 11.1. The summed E-state index contributed by atoms with van der Waals surface area (Å²) in [4.78, 5) is 16.8. The zero-order valence-electron chi connectivity index (χ0n) is 14.8. The van der Waals surface area contributed by atoms with Gasteiger partial charge in [-0.05, 0) is 36.8 Å². The summed E-state index contributed by atoms with van der Waals surface area (Å²) in [5.41, 5.74) is 19.8. The molecule has 8 heteroatoms. The van der Waals surface area contributed by atoms with Crippen molar-refractivity contribution >= 4 is 29.1 Å². The Labute approximate surface area is 156 Å². The van der Waals surface area contributed by atoms with Crippen LogP contribution in [-0.4, -0.2) is 21.9 Å². The second kappa shape index (κ2) is 7.96. The van der Waals surface area contributed by atoms with Crippen LogP contribution in [0.2, 0.25) is 0 Å². The van der Waals surface area contributed by atoms with Gasteiger partial charge in [-0.25, -0.2) is 15.0 Å². The lowest BCUT2D eigenvalue weighted by atomic mass is 10.2. The van der Waals surface area contributed by atoms with Gasteiger partial charge in [0.2, 0.25) is 5.96 Å². The van der Waals surface area contributed by atoms with Crippen molar-refractivity contribution in [2.45, 2.75) is 6.92 Å². The van der Waals surface area contributed by atoms with Crippen LogP contribution in [-0.2, 0) is 0 Å². The number of aliphatic imine (C=N–C) groups is 2. The number of nitrogens with one attached hydrogen (secondary N) is 1. The summed E-state index contributed by atoms with van der Waals surface area (Å²) in [6, 6.07) is 17.1. The Morgan fingerprint density at radius 1 is 1.00 bits per heavy atom. The van der Waals surface area contributed by atoms with E-state index < -0.39 is 0 Å². The minimum absolute atomic E-state index is 0.0250. The van der Waals surface area contributed by atoms with E-state index in [0.717, 1.165) is 16.8 Å². The van der Waals surface area contributed by atoms with Gasteiger partial charge in [-0.2, -0.15) is 4.99 Å². The van der Waals surface area contributed by atoms with Crippen LogP contribution in [0.5, 0.6) is 0 Å². The first kappa shape index (κ1) is 17.9. The van der Waals surface area contributed by atoms with Gasteiger partial charge in [0.25, 0.3) is 0 Å². The number of nitrogens with zero attached hydrogens (tertiary/aromatic N) is 4. The maximum Gasteiger partial charge on any atom is 0.223 e. The van der Waals surface area contributed by atoms with Gasteiger partial charge in [0, 0.05) is 17.4 Å². The number of hydrogen-bond donors (Lipinski definition) is 4. The van der Waals surface area contributed by atoms with Crippen molar-refractivity contribution < 1.29 is 0 Å². The van der Waals surface area contributed by atoms with Gasteiger partial charge in [0.1, 0.15) is 5.82 Å². The molecule has 7 N–H and O–H groups in total. The Morgan fingerprint density at radius 3 is 2.59 bits per heavy atom. The zero-order valence-corrected chi connectivity index (χ0v) is 14.8. The standard InChI is InChI=1S/C19H20N8/c1-12-5-2-3-8-15(12)25-16-9-10-23-17(26-16)13-6-4-7-14(11-13)24-19(22)27-18(20)21/h2-11H,1H3,(H,23,25,26)(H6,20,21,22,24,27). The third-order valence-electron chi connectivity index (χ3n) is 3.66. The maximum atomic E-state index is 5.68. The Morgan fingerprint density at radius 2 is 1.81 bits per heavy atom. The number of hydrogen-bond acceptors (Lipinski definition) is 4. The SMILES string of the molecule is Cc1ccccc1Nc1ccnc(-c2cccc(N=C(N)N=C(N)N)c2)n1. The highest BCUT2D eigenvalue weighted by Gasteiger charge is 2.05.